The van der Waals surface area contributed by atoms with Gasteiger partial charge in [-0.15, -0.1) is 0 Å². The van der Waals surface area contributed by atoms with Crippen molar-refractivity contribution in [3.8, 4) is 11.1 Å². The standard InChI is InChI=1S/C12H8S.2O.Ti/c1-3-7-11-9(5-1)10-6-2-4-8-12(10)13-11;;;/h1-8H;;;/q;;;-1/p+1. The number of rotatable bonds is 1. The zero-order chi connectivity index (χ0) is 11.1. The van der Waals surface area contributed by atoms with Gasteiger partial charge < -0.3 is 0 Å². The van der Waals surface area contributed by atoms with Crippen molar-refractivity contribution in [2.24, 2.45) is 0 Å². The predicted molar refractivity (Wildman–Crippen MR) is 58.8 cm³/mol. The quantitative estimate of drug-likeness (QED) is 0.634. The summed E-state index contributed by atoms with van der Waals surface area (Å²) in [7, 11) is -1.08. The molecule has 1 aliphatic rings. The predicted octanol–water partition coefficient (Wildman–Crippen LogP) is 3.31. The van der Waals surface area contributed by atoms with Crippen LogP contribution in [-0.2, 0) is 23.2 Å². The van der Waals surface area contributed by atoms with Crippen LogP contribution in [0.4, 0.5) is 0 Å². The van der Waals surface area contributed by atoms with Gasteiger partial charge >= 0.3 is 101 Å². The Balaban J connectivity index is 2.38. The summed E-state index contributed by atoms with van der Waals surface area (Å²) < 4.78 is 23.0. The Bertz CT molecular complexity index is 581. The van der Waals surface area contributed by atoms with Crippen molar-refractivity contribution < 1.29 is 23.2 Å². The van der Waals surface area contributed by atoms with Gasteiger partial charge in [0.05, 0.1) is 0 Å². The van der Waals surface area contributed by atoms with E-state index in [4.69, 9.17) is 0 Å². The molecular weight excluding hydrogens is 256 g/mol. The summed E-state index contributed by atoms with van der Waals surface area (Å²) in [6, 6.07) is 15.7. The van der Waals surface area contributed by atoms with E-state index in [9.17, 15) is 6.65 Å². The molecule has 0 atom stereocenters. The molecule has 0 aliphatic carbocycles. The fourth-order valence-electron chi connectivity index (χ4n) is 2.12. The average Bonchev–Trinajstić information content (AvgIpc) is 2.63. The fraction of sp³-hybridized carbons (Fsp3) is 0. The first-order valence-corrected chi connectivity index (χ1v) is 9.70. The Morgan fingerprint density at radius 1 is 0.750 bits per heavy atom. The van der Waals surface area contributed by atoms with Crippen LogP contribution < -0.4 is 0 Å². The number of hydrogen-bond acceptors (Lipinski definition) is 2. The summed E-state index contributed by atoms with van der Waals surface area (Å²) in [6.45, 7) is 0. The van der Waals surface area contributed by atoms with E-state index in [1.165, 1.54) is 0 Å². The molecule has 0 saturated carbocycles. The van der Waals surface area contributed by atoms with E-state index in [1.54, 1.807) is 0 Å². The van der Waals surface area contributed by atoms with Gasteiger partial charge in [0.25, 0.3) is 0 Å². The Hall–Kier alpha value is -0.896. The molecule has 2 aromatic rings. The van der Waals surface area contributed by atoms with E-state index < -0.39 is 25.0 Å². The first-order valence-electron chi connectivity index (χ1n) is 4.98. The van der Waals surface area contributed by atoms with Gasteiger partial charge in [0.15, 0.2) is 0 Å². The summed E-state index contributed by atoms with van der Waals surface area (Å²) in [5.41, 5.74) is 2.20. The van der Waals surface area contributed by atoms with Crippen molar-refractivity contribution in [3.05, 3.63) is 48.5 Å². The van der Waals surface area contributed by atoms with Gasteiger partial charge in [-0.25, -0.2) is 0 Å². The van der Waals surface area contributed by atoms with Crippen LogP contribution in [0.15, 0.2) is 58.3 Å². The van der Waals surface area contributed by atoms with Crippen LogP contribution in [-0.4, -0.2) is 0 Å². The van der Waals surface area contributed by atoms with Gasteiger partial charge in [-0.3, -0.25) is 0 Å². The van der Waals surface area contributed by atoms with Crippen molar-refractivity contribution in [2.75, 3.05) is 0 Å². The summed E-state index contributed by atoms with van der Waals surface area (Å²) >= 11 is -3.40. The third kappa shape index (κ3) is 1.39. The molecule has 0 aromatic heterocycles. The molecule has 0 bridgehead atoms. The molecule has 0 unspecified atom stereocenters. The zero-order valence-corrected chi connectivity index (χ0v) is 10.8. The van der Waals surface area contributed by atoms with Crippen LogP contribution in [0.3, 0.4) is 0 Å². The minimum atomic E-state index is -3.40. The topological polar surface area (TPSA) is 34.1 Å². The van der Waals surface area contributed by atoms with Crippen LogP contribution in [0, 0.1) is 0 Å². The summed E-state index contributed by atoms with van der Waals surface area (Å²) in [5, 5.41) is 0. The van der Waals surface area contributed by atoms with Gasteiger partial charge in [-0.05, 0) is 0 Å². The first kappa shape index (κ1) is 10.3. The first-order chi connectivity index (χ1) is 7.79. The molecule has 79 valence electrons. The molecule has 1 aliphatic heterocycles. The Morgan fingerprint density at radius 3 is 1.62 bits per heavy atom. The molecule has 0 spiro atoms. The molecule has 4 heteroatoms. The molecule has 2 nitrogen and oxygen atoms in total. The Kier molecular flexibility index (Phi) is 2.47. The van der Waals surface area contributed by atoms with Crippen LogP contribution in [0.2, 0.25) is 0 Å². The SMILES string of the molecule is [O]=[Ti](=[O])[SH]1c2ccccc2-c2ccccc21. The molecule has 2 aromatic carbocycles. The Labute approximate surface area is 101 Å². The minimum absolute atomic E-state index is 1.01. The summed E-state index contributed by atoms with van der Waals surface area (Å²) in [4.78, 5) is 2.03. The van der Waals surface area contributed by atoms with Crippen molar-refractivity contribution in [2.45, 2.75) is 9.79 Å². The second kappa shape index (κ2) is 3.84. The maximum absolute atomic E-state index is 11.5. The molecule has 0 amide bonds. The maximum atomic E-state index is 11.5. The second-order valence-electron chi connectivity index (χ2n) is 3.64. The average molecular weight is 265 g/mol. The van der Waals surface area contributed by atoms with Crippen molar-refractivity contribution >= 4 is 8.48 Å². The van der Waals surface area contributed by atoms with Crippen molar-refractivity contribution in [1.82, 2.24) is 0 Å². The van der Waals surface area contributed by atoms with Gasteiger partial charge in [-0.1, -0.05) is 0 Å². The van der Waals surface area contributed by atoms with E-state index in [0.29, 0.717) is 0 Å². The third-order valence-corrected chi connectivity index (χ3v) is 8.84. The zero-order valence-electron chi connectivity index (χ0n) is 8.38. The van der Waals surface area contributed by atoms with Gasteiger partial charge in [0.2, 0.25) is 0 Å². The second-order valence-corrected chi connectivity index (χ2v) is 9.70. The number of benzene rings is 2. The molecule has 3 rings (SSSR count). The number of fused-ring (bicyclic) bond motifs is 3. The molecule has 16 heavy (non-hydrogen) atoms. The van der Waals surface area contributed by atoms with Crippen molar-refractivity contribution in [1.29, 1.82) is 0 Å². The van der Waals surface area contributed by atoms with Crippen LogP contribution in [0.5, 0.6) is 0 Å². The van der Waals surface area contributed by atoms with Gasteiger partial charge in [0, 0.05) is 0 Å². The molecule has 1 heterocycles. The van der Waals surface area contributed by atoms with E-state index in [-0.39, 0.29) is 0 Å². The third-order valence-electron chi connectivity index (χ3n) is 2.76. The molecule has 0 fully saturated rings. The van der Waals surface area contributed by atoms with E-state index in [1.807, 2.05) is 48.5 Å². The molecule has 0 saturated heterocycles. The van der Waals surface area contributed by atoms with Gasteiger partial charge in [-0.2, -0.15) is 0 Å². The monoisotopic (exact) mass is 265 g/mol. The van der Waals surface area contributed by atoms with E-state index in [2.05, 4.69) is 0 Å². The Morgan fingerprint density at radius 2 is 1.19 bits per heavy atom. The molecule has 0 N–H and O–H groups in total. The van der Waals surface area contributed by atoms with Crippen LogP contribution in [0.1, 0.15) is 0 Å². The summed E-state index contributed by atoms with van der Waals surface area (Å²) in [6.07, 6.45) is 0. The number of hydrogen-bond donors (Lipinski definition) is 1. The number of thiol groups is 1. The molecular formula is C12H9O2STi. The van der Waals surface area contributed by atoms with Crippen LogP contribution >= 0.6 is 8.48 Å². The van der Waals surface area contributed by atoms with Crippen LogP contribution in [0.25, 0.3) is 11.1 Å². The summed E-state index contributed by atoms with van der Waals surface area (Å²) in [5.74, 6) is 0. The molecule has 0 radical (unpaired) electrons. The normalized spacial score (nSPS) is 14.4. The van der Waals surface area contributed by atoms with E-state index >= 15 is 0 Å². The fourth-order valence-corrected chi connectivity index (χ4v) is 7.78. The van der Waals surface area contributed by atoms with Gasteiger partial charge in [0.1, 0.15) is 0 Å². The van der Waals surface area contributed by atoms with Crippen molar-refractivity contribution in [3.63, 3.8) is 0 Å². The van der Waals surface area contributed by atoms with E-state index in [0.717, 1.165) is 20.9 Å².